The van der Waals surface area contributed by atoms with E-state index in [1.54, 1.807) is 0 Å². The third-order valence-electron chi connectivity index (χ3n) is 3.07. The molecule has 1 aliphatic rings. The molecule has 2 heterocycles. The van der Waals surface area contributed by atoms with Crippen LogP contribution in [-0.2, 0) is 13.6 Å². The SMILES string of the molecule is CNC1CCCN(Cc2ccn(C)n2)C1. The van der Waals surface area contributed by atoms with E-state index in [0.29, 0.717) is 6.04 Å². The van der Waals surface area contributed by atoms with E-state index in [2.05, 4.69) is 28.4 Å². The molecule has 0 saturated carbocycles. The lowest BCUT2D eigenvalue weighted by Crippen LogP contribution is -2.43. The largest absolute Gasteiger partial charge is 0.316 e. The Morgan fingerprint density at radius 2 is 2.47 bits per heavy atom. The fraction of sp³-hybridized carbons (Fsp3) is 0.727. The first-order valence-corrected chi connectivity index (χ1v) is 5.66. The fourth-order valence-corrected chi connectivity index (χ4v) is 2.21. The summed E-state index contributed by atoms with van der Waals surface area (Å²) in [7, 11) is 4.02. The number of aryl methyl sites for hydroxylation is 1. The summed E-state index contributed by atoms with van der Waals surface area (Å²) in [4.78, 5) is 2.48. The summed E-state index contributed by atoms with van der Waals surface area (Å²) in [6.45, 7) is 3.33. The van der Waals surface area contributed by atoms with Crippen molar-refractivity contribution in [3.8, 4) is 0 Å². The van der Waals surface area contributed by atoms with Gasteiger partial charge in [0, 0.05) is 32.4 Å². The number of likely N-dealkylation sites (tertiary alicyclic amines) is 1. The fourth-order valence-electron chi connectivity index (χ4n) is 2.21. The standard InChI is InChI=1S/C11H20N4/c1-12-10-4-3-6-15(8-10)9-11-5-7-14(2)13-11/h5,7,10,12H,3-4,6,8-9H2,1-2H3. The highest BCUT2D eigenvalue weighted by atomic mass is 15.3. The monoisotopic (exact) mass is 208 g/mol. The molecule has 1 aromatic heterocycles. The Morgan fingerprint density at radius 1 is 1.60 bits per heavy atom. The number of piperidine rings is 1. The smallest absolute Gasteiger partial charge is 0.0764 e. The van der Waals surface area contributed by atoms with E-state index < -0.39 is 0 Å². The van der Waals surface area contributed by atoms with Crippen LogP contribution in [0.25, 0.3) is 0 Å². The van der Waals surface area contributed by atoms with Crippen molar-refractivity contribution in [3.05, 3.63) is 18.0 Å². The second-order valence-electron chi connectivity index (χ2n) is 4.34. The number of likely N-dealkylation sites (N-methyl/N-ethyl adjacent to an activating group) is 1. The Labute approximate surface area is 91.3 Å². The van der Waals surface area contributed by atoms with Gasteiger partial charge >= 0.3 is 0 Å². The van der Waals surface area contributed by atoms with Gasteiger partial charge in [-0.3, -0.25) is 9.58 Å². The second kappa shape index (κ2) is 4.77. The van der Waals surface area contributed by atoms with Gasteiger partial charge in [-0.15, -0.1) is 0 Å². The minimum absolute atomic E-state index is 0.655. The van der Waals surface area contributed by atoms with E-state index in [9.17, 15) is 0 Å². The molecular weight excluding hydrogens is 188 g/mol. The summed E-state index contributed by atoms with van der Waals surface area (Å²) >= 11 is 0. The molecule has 1 aromatic rings. The third kappa shape index (κ3) is 2.79. The van der Waals surface area contributed by atoms with Gasteiger partial charge < -0.3 is 5.32 Å². The van der Waals surface area contributed by atoms with Crippen molar-refractivity contribution in [2.45, 2.75) is 25.4 Å². The molecule has 0 radical (unpaired) electrons. The van der Waals surface area contributed by atoms with Gasteiger partial charge in [0.1, 0.15) is 0 Å². The van der Waals surface area contributed by atoms with E-state index in [1.807, 2.05) is 17.9 Å². The van der Waals surface area contributed by atoms with Crippen LogP contribution < -0.4 is 5.32 Å². The number of aromatic nitrogens is 2. The van der Waals surface area contributed by atoms with Crippen LogP contribution in [0, 0.1) is 0 Å². The molecule has 1 unspecified atom stereocenters. The molecule has 4 nitrogen and oxygen atoms in total. The zero-order valence-corrected chi connectivity index (χ0v) is 9.61. The van der Waals surface area contributed by atoms with Gasteiger partial charge in [0.05, 0.1) is 5.69 Å². The maximum Gasteiger partial charge on any atom is 0.0764 e. The molecule has 15 heavy (non-hydrogen) atoms. The van der Waals surface area contributed by atoms with E-state index in [-0.39, 0.29) is 0 Å². The van der Waals surface area contributed by atoms with E-state index in [0.717, 1.165) is 13.1 Å². The number of nitrogens with zero attached hydrogens (tertiary/aromatic N) is 3. The van der Waals surface area contributed by atoms with Crippen molar-refractivity contribution in [1.29, 1.82) is 0 Å². The minimum atomic E-state index is 0.655. The minimum Gasteiger partial charge on any atom is -0.316 e. The first kappa shape index (κ1) is 10.6. The van der Waals surface area contributed by atoms with Gasteiger partial charge in [-0.25, -0.2) is 0 Å². The first-order valence-electron chi connectivity index (χ1n) is 5.66. The predicted octanol–water partition coefficient (Wildman–Crippen LogP) is 0.604. The Bertz CT molecular complexity index is 307. The number of hydrogen-bond acceptors (Lipinski definition) is 3. The highest BCUT2D eigenvalue weighted by Gasteiger charge is 2.18. The molecule has 0 aliphatic carbocycles. The van der Waals surface area contributed by atoms with E-state index in [4.69, 9.17) is 0 Å². The maximum absolute atomic E-state index is 4.41. The molecule has 84 valence electrons. The second-order valence-corrected chi connectivity index (χ2v) is 4.34. The van der Waals surface area contributed by atoms with E-state index in [1.165, 1.54) is 25.1 Å². The van der Waals surface area contributed by atoms with Crippen molar-refractivity contribution in [2.24, 2.45) is 7.05 Å². The lowest BCUT2D eigenvalue weighted by atomic mass is 10.1. The summed E-state index contributed by atoms with van der Waals surface area (Å²) in [5, 5.41) is 7.77. The van der Waals surface area contributed by atoms with Crippen LogP contribution in [0.3, 0.4) is 0 Å². The summed E-state index contributed by atoms with van der Waals surface area (Å²) < 4.78 is 1.87. The first-order chi connectivity index (χ1) is 7.28. The molecule has 1 atom stereocenters. The van der Waals surface area contributed by atoms with Crippen molar-refractivity contribution in [1.82, 2.24) is 20.0 Å². The van der Waals surface area contributed by atoms with Gasteiger partial charge in [-0.2, -0.15) is 5.10 Å². The Hall–Kier alpha value is -0.870. The topological polar surface area (TPSA) is 33.1 Å². The third-order valence-corrected chi connectivity index (χ3v) is 3.07. The number of hydrogen-bond donors (Lipinski definition) is 1. The average Bonchev–Trinajstić information content (AvgIpc) is 2.64. The number of nitrogens with one attached hydrogen (secondary N) is 1. The zero-order valence-electron chi connectivity index (χ0n) is 9.61. The molecule has 0 amide bonds. The molecule has 1 aliphatic heterocycles. The zero-order chi connectivity index (χ0) is 10.7. The van der Waals surface area contributed by atoms with E-state index >= 15 is 0 Å². The van der Waals surface area contributed by atoms with Crippen molar-refractivity contribution in [2.75, 3.05) is 20.1 Å². The van der Waals surface area contributed by atoms with Crippen LogP contribution in [0.1, 0.15) is 18.5 Å². The van der Waals surface area contributed by atoms with Crippen LogP contribution in [0.4, 0.5) is 0 Å². The molecule has 1 saturated heterocycles. The molecule has 0 bridgehead atoms. The molecule has 1 fully saturated rings. The van der Waals surface area contributed by atoms with Crippen molar-refractivity contribution < 1.29 is 0 Å². The highest BCUT2D eigenvalue weighted by molar-refractivity contribution is 4.99. The molecule has 2 rings (SSSR count). The number of rotatable bonds is 3. The highest BCUT2D eigenvalue weighted by Crippen LogP contribution is 2.12. The summed E-state index contributed by atoms with van der Waals surface area (Å²) in [6, 6.07) is 2.76. The average molecular weight is 208 g/mol. The maximum atomic E-state index is 4.41. The molecule has 4 heteroatoms. The molecule has 1 N–H and O–H groups in total. The van der Waals surface area contributed by atoms with Gasteiger partial charge in [0.2, 0.25) is 0 Å². The lowest BCUT2D eigenvalue weighted by molar-refractivity contribution is 0.186. The van der Waals surface area contributed by atoms with Gasteiger partial charge in [-0.1, -0.05) is 0 Å². The van der Waals surface area contributed by atoms with Gasteiger partial charge in [0.15, 0.2) is 0 Å². The quantitative estimate of drug-likeness (QED) is 0.790. The van der Waals surface area contributed by atoms with Gasteiger partial charge in [0.25, 0.3) is 0 Å². The Balaban J connectivity index is 1.88. The van der Waals surface area contributed by atoms with Crippen LogP contribution in [-0.4, -0.2) is 40.9 Å². The molecular formula is C11H20N4. The van der Waals surface area contributed by atoms with Crippen LogP contribution >= 0.6 is 0 Å². The summed E-state index contributed by atoms with van der Waals surface area (Å²) in [6.07, 6.45) is 4.60. The molecule has 0 aromatic carbocycles. The van der Waals surface area contributed by atoms with Crippen molar-refractivity contribution in [3.63, 3.8) is 0 Å². The lowest BCUT2D eigenvalue weighted by Gasteiger charge is -2.31. The van der Waals surface area contributed by atoms with Crippen LogP contribution in [0.2, 0.25) is 0 Å². The summed E-state index contributed by atoms with van der Waals surface area (Å²) in [5.74, 6) is 0. The molecule has 0 spiro atoms. The van der Waals surface area contributed by atoms with Crippen LogP contribution in [0.15, 0.2) is 12.3 Å². The van der Waals surface area contributed by atoms with Crippen molar-refractivity contribution >= 4 is 0 Å². The van der Waals surface area contributed by atoms with Crippen LogP contribution in [0.5, 0.6) is 0 Å². The Morgan fingerprint density at radius 3 is 3.13 bits per heavy atom. The predicted molar refractivity (Wildman–Crippen MR) is 60.6 cm³/mol. The van der Waals surface area contributed by atoms with Gasteiger partial charge in [-0.05, 0) is 32.5 Å². The Kier molecular flexibility index (Phi) is 3.38. The normalized spacial score (nSPS) is 23.2. The summed E-state index contributed by atoms with van der Waals surface area (Å²) in [5.41, 5.74) is 1.18.